The molecular weight excluding hydrogens is 407 g/mol. The first-order valence-electron chi connectivity index (χ1n) is 9.52. The number of benzene rings is 2. The second-order valence-corrected chi connectivity index (χ2v) is 6.80. The molecule has 0 spiro atoms. The summed E-state index contributed by atoms with van der Waals surface area (Å²) in [7, 11) is 0. The van der Waals surface area contributed by atoms with Crippen molar-refractivity contribution in [2.75, 3.05) is 10.6 Å². The average molecular weight is 425 g/mol. The highest BCUT2D eigenvalue weighted by Crippen LogP contribution is 2.32. The van der Waals surface area contributed by atoms with Gasteiger partial charge in [-0.15, -0.1) is 0 Å². The Hall–Kier alpha value is -3.88. The van der Waals surface area contributed by atoms with Crippen LogP contribution >= 0.6 is 0 Å². The van der Waals surface area contributed by atoms with Gasteiger partial charge in [-0.2, -0.15) is 13.2 Å². The topological polar surface area (TPSA) is 71.3 Å². The molecule has 1 amide bonds. The number of alkyl halides is 3. The first-order chi connectivity index (χ1) is 14.8. The van der Waals surface area contributed by atoms with Gasteiger partial charge in [-0.25, -0.2) is 9.97 Å². The summed E-state index contributed by atoms with van der Waals surface area (Å²) in [6.45, 7) is 1.77. The van der Waals surface area contributed by atoms with Crippen LogP contribution in [-0.2, 0) is 11.0 Å². The van der Waals surface area contributed by atoms with E-state index in [1.807, 2.05) is 18.2 Å². The number of carbonyl (C=O) groups is 1. The third-order valence-corrected chi connectivity index (χ3v) is 4.64. The molecule has 0 aliphatic heterocycles. The first kappa shape index (κ1) is 20.4. The van der Waals surface area contributed by atoms with Crippen molar-refractivity contribution in [2.45, 2.75) is 19.5 Å². The zero-order chi connectivity index (χ0) is 22.0. The highest BCUT2D eigenvalue weighted by atomic mass is 19.4. The number of hydrogen-bond donors (Lipinski definition) is 2. The molecule has 2 aromatic carbocycles. The van der Waals surface area contributed by atoms with Crippen LogP contribution in [0.1, 0.15) is 18.9 Å². The van der Waals surface area contributed by atoms with E-state index in [4.69, 9.17) is 0 Å². The van der Waals surface area contributed by atoms with E-state index in [0.717, 1.165) is 23.4 Å². The van der Waals surface area contributed by atoms with Gasteiger partial charge in [0.25, 0.3) is 0 Å². The minimum atomic E-state index is -4.43. The molecule has 0 bridgehead atoms. The van der Waals surface area contributed by atoms with Crippen molar-refractivity contribution in [2.24, 2.45) is 0 Å². The molecule has 9 heteroatoms. The molecule has 0 saturated carbocycles. The molecule has 4 aromatic rings. The summed E-state index contributed by atoms with van der Waals surface area (Å²) in [5.74, 6) is 0.232. The number of amides is 1. The molecule has 2 aromatic heterocycles. The maximum Gasteiger partial charge on any atom is 0.416 e. The monoisotopic (exact) mass is 425 g/mol. The summed E-state index contributed by atoms with van der Waals surface area (Å²) < 4.78 is 40.8. The van der Waals surface area contributed by atoms with Crippen molar-refractivity contribution in [1.29, 1.82) is 0 Å². The van der Waals surface area contributed by atoms with Gasteiger partial charge in [0.05, 0.1) is 17.5 Å². The van der Waals surface area contributed by atoms with Crippen molar-refractivity contribution in [3.63, 3.8) is 0 Å². The molecule has 31 heavy (non-hydrogen) atoms. The van der Waals surface area contributed by atoms with Crippen LogP contribution in [0, 0.1) is 0 Å². The van der Waals surface area contributed by atoms with Gasteiger partial charge >= 0.3 is 6.18 Å². The standard InChI is InChI=1S/C22H18F3N5O/c1-2-19(31)28-16-7-3-5-14(11-16)18-13-27-21-20(26-9-10-30(18)21)29-17-8-4-6-15(12-17)22(23,24)25/h3-13H,2H2,1H3,(H,26,29)(H,28,31). The van der Waals surface area contributed by atoms with Gasteiger partial charge < -0.3 is 10.6 Å². The summed E-state index contributed by atoms with van der Waals surface area (Å²) in [5.41, 5.74) is 2.19. The van der Waals surface area contributed by atoms with E-state index in [2.05, 4.69) is 20.6 Å². The summed E-state index contributed by atoms with van der Waals surface area (Å²) in [6, 6.07) is 12.2. The lowest BCUT2D eigenvalue weighted by atomic mass is 10.1. The number of carbonyl (C=O) groups excluding carboxylic acids is 1. The van der Waals surface area contributed by atoms with E-state index in [0.29, 0.717) is 23.6 Å². The van der Waals surface area contributed by atoms with Crippen LogP contribution in [0.4, 0.5) is 30.4 Å². The molecule has 0 unspecified atom stereocenters. The molecular formula is C22H18F3N5O. The summed E-state index contributed by atoms with van der Waals surface area (Å²) >= 11 is 0. The Kier molecular flexibility index (Phi) is 5.33. The fourth-order valence-corrected chi connectivity index (χ4v) is 3.14. The van der Waals surface area contributed by atoms with E-state index in [1.54, 1.807) is 29.8 Å². The maximum absolute atomic E-state index is 13.0. The van der Waals surface area contributed by atoms with Crippen molar-refractivity contribution >= 4 is 28.7 Å². The lowest BCUT2D eigenvalue weighted by Crippen LogP contribution is -2.09. The summed E-state index contributed by atoms with van der Waals surface area (Å²) in [6.07, 6.45) is 0.837. The molecule has 2 heterocycles. The van der Waals surface area contributed by atoms with E-state index in [-0.39, 0.29) is 11.6 Å². The van der Waals surface area contributed by atoms with Gasteiger partial charge in [-0.3, -0.25) is 9.20 Å². The Morgan fingerprint density at radius 1 is 1.06 bits per heavy atom. The third kappa shape index (κ3) is 4.35. The Morgan fingerprint density at radius 2 is 1.84 bits per heavy atom. The van der Waals surface area contributed by atoms with Crippen molar-refractivity contribution < 1.29 is 18.0 Å². The van der Waals surface area contributed by atoms with Crippen LogP contribution in [0.2, 0.25) is 0 Å². The molecule has 0 atom stereocenters. The molecule has 0 radical (unpaired) electrons. The van der Waals surface area contributed by atoms with Crippen LogP contribution in [0.25, 0.3) is 16.9 Å². The molecule has 0 aliphatic rings. The van der Waals surface area contributed by atoms with Crippen molar-refractivity contribution in [3.8, 4) is 11.3 Å². The van der Waals surface area contributed by atoms with Gasteiger partial charge in [0.1, 0.15) is 0 Å². The molecule has 6 nitrogen and oxygen atoms in total. The van der Waals surface area contributed by atoms with Crippen molar-refractivity contribution in [1.82, 2.24) is 14.4 Å². The second-order valence-electron chi connectivity index (χ2n) is 6.80. The fourth-order valence-electron chi connectivity index (χ4n) is 3.14. The molecule has 0 fully saturated rings. The average Bonchev–Trinajstić information content (AvgIpc) is 3.19. The number of aromatic nitrogens is 3. The molecule has 2 N–H and O–H groups in total. The normalized spacial score (nSPS) is 11.5. The molecule has 4 rings (SSSR count). The molecule has 0 saturated heterocycles. The predicted molar refractivity (Wildman–Crippen MR) is 112 cm³/mol. The lowest BCUT2D eigenvalue weighted by Gasteiger charge is -2.11. The van der Waals surface area contributed by atoms with Gasteiger partial charge in [0.2, 0.25) is 5.91 Å². The van der Waals surface area contributed by atoms with Crippen molar-refractivity contribution in [3.05, 3.63) is 72.7 Å². The number of nitrogens with zero attached hydrogens (tertiary/aromatic N) is 3. The van der Waals surface area contributed by atoms with Crippen LogP contribution < -0.4 is 10.6 Å². The molecule has 0 aliphatic carbocycles. The highest BCUT2D eigenvalue weighted by Gasteiger charge is 2.30. The van der Waals surface area contributed by atoms with Crippen LogP contribution in [-0.4, -0.2) is 20.3 Å². The van der Waals surface area contributed by atoms with Gasteiger partial charge in [-0.1, -0.05) is 25.1 Å². The van der Waals surface area contributed by atoms with Gasteiger partial charge in [0.15, 0.2) is 11.5 Å². The van der Waals surface area contributed by atoms with Crippen LogP contribution in [0.5, 0.6) is 0 Å². The van der Waals surface area contributed by atoms with Crippen LogP contribution in [0.3, 0.4) is 0 Å². The Morgan fingerprint density at radius 3 is 2.61 bits per heavy atom. The Labute approximate surface area is 175 Å². The van der Waals surface area contributed by atoms with Gasteiger partial charge in [0, 0.05) is 35.8 Å². The number of rotatable bonds is 5. The van der Waals surface area contributed by atoms with Gasteiger partial charge in [-0.05, 0) is 30.3 Å². The Bertz CT molecular complexity index is 1250. The lowest BCUT2D eigenvalue weighted by molar-refractivity contribution is -0.137. The number of halogens is 3. The number of fused-ring (bicyclic) bond motifs is 1. The smallest absolute Gasteiger partial charge is 0.337 e. The first-order valence-corrected chi connectivity index (χ1v) is 9.52. The minimum Gasteiger partial charge on any atom is -0.337 e. The highest BCUT2D eigenvalue weighted by molar-refractivity contribution is 5.91. The quantitative estimate of drug-likeness (QED) is 0.443. The third-order valence-electron chi connectivity index (χ3n) is 4.64. The van der Waals surface area contributed by atoms with E-state index in [1.165, 1.54) is 18.3 Å². The SMILES string of the molecule is CCC(=O)Nc1cccc(-c2cnc3c(Nc4cccc(C(F)(F)F)c4)nccn23)c1. The number of anilines is 3. The minimum absolute atomic E-state index is 0.0907. The van der Waals surface area contributed by atoms with E-state index >= 15 is 0 Å². The van der Waals surface area contributed by atoms with E-state index in [9.17, 15) is 18.0 Å². The fraction of sp³-hybridized carbons (Fsp3) is 0.136. The zero-order valence-electron chi connectivity index (χ0n) is 16.4. The number of imidazole rings is 1. The van der Waals surface area contributed by atoms with E-state index < -0.39 is 11.7 Å². The van der Waals surface area contributed by atoms with Crippen LogP contribution in [0.15, 0.2) is 67.1 Å². The molecule has 158 valence electrons. The summed E-state index contributed by atoms with van der Waals surface area (Å²) in [5, 5.41) is 5.74. The second kappa shape index (κ2) is 8.10. The number of hydrogen-bond acceptors (Lipinski definition) is 4. The Balaban J connectivity index is 1.68. The number of nitrogens with one attached hydrogen (secondary N) is 2. The largest absolute Gasteiger partial charge is 0.416 e. The summed E-state index contributed by atoms with van der Waals surface area (Å²) in [4.78, 5) is 20.3. The maximum atomic E-state index is 13.0. The predicted octanol–water partition coefficient (Wildman–Crippen LogP) is 5.51. The zero-order valence-corrected chi connectivity index (χ0v) is 16.4.